The highest BCUT2D eigenvalue weighted by Crippen LogP contribution is 2.25. The van der Waals surface area contributed by atoms with E-state index < -0.39 is 0 Å². The first-order valence-electron chi connectivity index (χ1n) is 7.69. The number of rotatable bonds is 2. The minimum Gasteiger partial charge on any atom is -0.378 e. The molecule has 1 aromatic carbocycles. The van der Waals surface area contributed by atoms with Crippen LogP contribution in [0, 0.1) is 13.8 Å². The standard InChI is InChI=1S/C17H20N2O2S2/c1-12-13(2)19(15-6-4-3-5-14(12)15)16(20)11-23-17(22)18-7-9-21-10-8-18/h3-6H,7-11H2,1-2H3. The van der Waals surface area contributed by atoms with Gasteiger partial charge in [-0.3, -0.25) is 9.36 Å². The molecule has 23 heavy (non-hydrogen) atoms. The number of nitrogens with zero attached hydrogens (tertiary/aromatic N) is 2. The van der Waals surface area contributed by atoms with Gasteiger partial charge in [-0.1, -0.05) is 42.2 Å². The average Bonchev–Trinajstić information content (AvgIpc) is 2.85. The molecule has 0 N–H and O–H groups in total. The number of fused-ring (bicyclic) bond motifs is 1. The van der Waals surface area contributed by atoms with Crippen molar-refractivity contribution in [2.24, 2.45) is 0 Å². The molecule has 2 heterocycles. The monoisotopic (exact) mass is 348 g/mol. The largest absolute Gasteiger partial charge is 0.378 e. The molecule has 2 aromatic rings. The summed E-state index contributed by atoms with van der Waals surface area (Å²) in [5.41, 5.74) is 3.15. The lowest BCUT2D eigenvalue weighted by atomic mass is 10.2. The van der Waals surface area contributed by atoms with E-state index in [9.17, 15) is 4.79 Å². The number of benzene rings is 1. The predicted octanol–water partition coefficient (Wildman–Crippen LogP) is 3.25. The van der Waals surface area contributed by atoms with Crippen LogP contribution in [0.2, 0.25) is 0 Å². The number of carbonyl (C=O) groups is 1. The summed E-state index contributed by atoms with van der Waals surface area (Å²) in [5, 5.41) is 1.14. The first kappa shape index (κ1) is 16.5. The fourth-order valence-electron chi connectivity index (χ4n) is 2.88. The van der Waals surface area contributed by atoms with Gasteiger partial charge in [0.1, 0.15) is 4.32 Å². The van der Waals surface area contributed by atoms with Crippen LogP contribution in [0.4, 0.5) is 0 Å². The summed E-state index contributed by atoms with van der Waals surface area (Å²) in [6.45, 7) is 7.09. The number of morpholine rings is 1. The molecule has 4 nitrogen and oxygen atoms in total. The maximum atomic E-state index is 12.7. The topological polar surface area (TPSA) is 34.5 Å². The zero-order chi connectivity index (χ0) is 16.4. The fraction of sp³-hybridized carbons (Fsp3) is 0.412. The molecular weight excluding hydrogens is 328 g/mol. The summed E-state index contributed by atoms with van der Waals surface area (Å²) < 4.78 is 7.93. The molecule has 1 aliphatic heterocycles. The number of hydrogen-bond donors (Lipinski definition) is 0. The number of hydrogen-bond acceptors (Lipinski definition) is 4. The molecule has 3 rings (SSSR count). The van der Waals surface area contributed by atoms with Crippen LogP contribution < -0.4 is 0 Å². The van der Waals surface area contributed by atoms with Gasteiger partial charge in [-0.2, -0.15) is 0 Å². The van der Waals surface area contributed by atoms with E-state index in [1.807, 2.05) is 29.7 Å². The van der Waals surface area contributed by atoms with Crippen molar-refractivity contribution in [2.45, 2.75) is 13.8 Å². The van der Waals surface area contributed by atoms with Crippen LogP contribution in [0.5, 0.6) is 0 Å². The number of aromatic nitrogens is 1. The van der Waals surface area contributed by atoms with E-state index in [1.165, 1.54) is 11.8 Å². The Balaban J connectivity index is 1.74. The van der Waals surface area contributed by atoms with Crippen LogP contribution >= 0.6 is 24.0 Å². The Hall–Kier alpha value is -1.37. The van der Waals surface area contributed by atoms with Crippen molar-refractivity contribution in [1.29, 1.82) is 0 Å². The molecule has 1 aromatic heterocycles. The van der Waals surface area contributed by atoms with E-state index >= 15 is 0 Å². The van der Waals surface area contributed by atoms with Gasteiger partial charge in [0.05, 0.1) is 24.5 Å². The maximum absolute atomic E-state index is 12.7. The number of thioether (sulfide) groups is 1. The van der Waals surface area contributed by atoms with Crippen LogP contribution in [0.25, 0.3) is 10.9 Å². The molecule has 0 amide bonds. The van der Waals surface area contributed by atoms with Gasteiger partial charge in [-0.15, -0.1) is 0 Å². The normalized spacial score (nSPS) is 15.1. The van der Waals surface area contributed by atoms with E-state index in [0.29, 0.717) is 19.0 Å². The lowest BCUT2D eigenvalue weighted by Crippen LogP contribution is -2.38. The Bertz CT molecular complexity index is 748. The molecule has 6 heteroatoms. The Morgan fingerprint density at radius 1 is 1.26 bits per heavy atom. The summed E-state index contributed by atoms with van der Waals surface area (Å²) in [6.07, 6.45) is 0. The quantitative estimate of drug-likeness (QED) is 0.779. The van der Waals surface area contributed by atoms with E-state index in [0.717, 1.165) is 39.6 Å². The highest BCUT2D eigenvalue weighted by Gasteiger charge is 2.19. The van der Waals surface area contributed by atoms with E-state index in [-0.39, 0.29) is 5.91 Å². The summed E-state index contributed by atoms with van der Waals surface area (Å²) in [7, 11) is 0. The van der Waals surface area contributed by atoms with Gasteiger partial charge in [0, 0.05) is 24.2 Å². The number of thiocarbonyl (C=S) groups is 1. The van der Waals surface area contributed by atoms with E-state index in [1.54, 1.807) is 0 Å². The molecule has 1 aliphatic rings. The molecule has 1 saturated heterocycles. The van der Waals surface area contributed by atoms with Gasteiger partial charge in [0.2, 0.25) is 5.91 Å². The summed E-state index contributed by atoms with van der Waals surface area (Å²) in [5.74, 6) is 0.433. The van der Waals surface area contributed by atoms with Crippen LogP contribution in [-0.2, 0) is 4.74 Å². The van der Waals surface area contributed by atoms with Crippen LogP contribution in [-0.4, -0.2) is 51.8 Å². The van der Waals surface area contributed by atoms with Crippen LogP contribution in [0.1, 0.15) is 16.1 Å². The molecule has 0 spiro atoms. The van der Waals surface area contributed by atoms with Gasteiger partial charge in [0.15, 0.2) is 0 Å². The van der Waals surface area contributed by atoms with Gasteiger partial charge in [-0.05, 0) is 25.5 Å². The van der Waals surface area contributed by atoms with Crippen LogP contribution in [0.3, 0.4) is 0 Å². The lowest BCUT2D eigenvalue weighted by Gasteiger charge is -2.28. The van der Waals surface area contributed by atoms with Crippen molar-refractivity contribution >= 4 is 45.1 Å². The molecular formula is C17H20N2O2S2. The molecule has 0 unspecified atom stereocenters. The van der Waals surface area contributed by atoms with Crippen molar-refractivity contribution in [3.8, 4) is 0 Å². The predicted molar refractivity (Wildman–Crippen MR) is 99.5 cm³/mol. The number of para-hydroxylation sites is 1. The zero-order valence-electron chi connectivity index (χ0n) is 13.4. The van der Waals surface area contributed by atoms with Gasteiger partial charge >= 0.3 is 0 Å². The molecule has 1 fully saturated rings. The third-order valence-corrected chi connectivity index (χ3v) is 5.77. The lowest BCUT2D eigenvalue weighted by molar-refractivity contribution is 0.0702. The van der Waals surface area contributed by atoms with Crippen molar-refractivity contribution in [3.05, 3.63) is 35.5 Å². The minimum absolute atomic E-state index is 0.0763. The molecule has 0 radical (unpaired) electrons. The Morgan fingerprint density at radius 3 is 2.70 bits per heavy atom. The first-order valence-corrected chi connectivity index (χ1v) is 9.08. The maximum Gasteiger partial charge on any atom is 0.241 e. The van der Waals surface area contributed by atoms with Crippen molar-refractivity contribution in [2.75, 3.05) is 32.1 Å². The highest BCUT2D eigenvalue weighted by molar-refractivity contribution is 8.23. The molecule has 0 bridgehead atoms. The molecule has 122 valence electrons. The summed E-state index contributed by atoms with van der Waals surface area (Å²) in [4.78, 5) is 14.8. The zero-order valence-corrected chi connectivity index (χ0v) is 15.0. The SMILES string of the molecule is Cc1c(C)n(C(=O)CSC(=S)N2CCOCC2)c2ccccc12. The number of ether oxygens (including phenoxy) is 1. The van der Waals surface area contributed by atoms with Crippen molar-refractivity contribution in [1.82, 2.24) is 9.47 Å². The van der Waals surface area contributed by atoms with Crippen molar-refractivity contribution in [3.63, 3.8) is 0 Å². The Labute approximate surface area is 145 Å². The highest BCUT2D eigenvalue weighted by atomic mass is 32.2. The Morgan fingerprint density at radius 2 is 1.96 bits per heavy atom. The van der Waals surface area contributed by atoms with Gasteiger partial charge in [0.25, 0.3) is 0 Å². The minimum atomic E-state index is 0.0763. The average molecular weight is 348 g/mol. The number of carbonyl (C=O) groups excluding carboxylic acids is 1. The second-order valence-electron chi connectivity index (χ2n) is 5.61. The van der Waals surface area contributed by atoms with Crippen LogP contribution in [0.15, 0.2) is 24.3 Å². The third kappa shape index (κ3) is 3.29. The second kappa shape index (κ2) is 7.03. The fourth-order valence-corrected chi connectivity index (χ4v) is 3.98. The number of aryl methyl sites for hydroxylation is 1. The van der Waals surface area contributed by atoms with Gasteiger partial charge in [-0.25, -0.2) is 0 Å². The summed E-state index contributed by atoms with van der Waals surface area (Å²) in [6, 6.07) is 8.04. The molecule has 0 saturated carbocycles. The first-order chi connectivity index (χ1) is 11.1. The van der Waals surface area contributed by atoms with E-state index in [2.05, 4.69) is 17.9 Å². The van der Waals surface area contributed by atoms with E-state index in [4.69, 9.17) is 17.0 Å². The third-order valence-electron chi connectivity index (χ3n) is 4.26. The van der Waals surface area contributed by atoms with Crippen molar-refractivity contribution < 1.29 is 9.53 Å². The van der Waals surface area contributed by atoms with Gasteiger partial charge < -0.3 is 9.64 Å². The smallest absolute Gasteiger partial charge is 0.241 e. The molecule has 0 atom stereocenters. The molecule has 0 aliphatic carbocycles. The Kier molecular flexibility index (Phi) is 5.04. The summed E-state index contributed by atoms with van der Waals surface area (Å²) >= 11 is 6.89. The second-order valence-corrected chi connectivity index (χ2v) is 7.22.